The molecule has 4 rings (SSSR count). The van der Waals surface area contributed by atoms with Crippen LogP contribution in [-0.2, 0) is 4.79 Å². The fourth-order valence-corrected chi connectivity index (χ4v) is 4.17. The summed E-state index contributed by atoms with van der Waals surface area (Å²) in [7, 11) is 0. The van der Waals surface area contributed by atoms with E-state index in [1.807, 2.05) is 36.4 Å². The molecule has 0 bridgehead atoms. The van der Waals surface area contributed by atoms with Crippen molar-refractivity contribution in [2.75, 3.05) is 13.1 Å². The Kier molecular flexibility index (Phi) is 6.60. The molecule has 1 saturated heterocycles. The minimum absolute atomic E-state index is 0.0581. The van der Waals surface area contributed by atoms with Gasteiger partial charge in [0.15, 0.2) is 6.10 Å². The van der Waals surface area contributed by atoms with Gasteiger partial charge in [-0.15, -0.1) is 0 Å². The Balaban J connectivity index is 1.52. The highest BCUT2D eigenvalue weighted by Gasteiger charge is 2.29. The molecule has 1 aromatic heterocycles. The van der Waals surface area contributed by atoms with Crippen molar-refractivity contribution in [3.63, 3.8) is 0 Å². The summed E-state index contributed by atoms with van der Waals surface area (Å²) in [6.45, 7) is 2.78. The quantitative estimate of drug-likeness (QED) is 0.173. The fraction of sp³-hybridized carbons (Fsp3) is 0.292. The van der Waals surface area contributed by atoms with E-state index in [4.69, 9.17) is 20.7 Å². The van der Waals surface area contributed by atoms with Crippen molar-refractivity contribution in [1.29, 1.82) is 0 Å². The number of nitrogens with zero attached hydrogens (tertiary/aromatic N) is 2. The fourth-order valence-electron chi connectivity index (χ4n) is 4.17. The number of amidine groups is 1. The van der Waals surface area contributed by atoms with Crippen LogP contribution in [0.2, 0.25) is 0 Å². The zero-order valence-electron chi connectivity index (χ0n) is 18.4. The number of likely N-dealkylation sites (tertiary alicyclic amines) is 1. The molecule has 9 nitrogen and oxygen atoms in total. The maximum Gasteiger partial charge on any atom is 0.336 e. The van der Waals surface area contributed by atoms with Crippen LogP contribution in [0, 0.1) is 5.92 Å². The molecule has 2 aromatic carbocycles. The second-order valence-corrected chi connectivity index (χ2v) is 8.05. The Bertz CT molecular complexity index is 1220. The Morgan fingerprint density at radius 3 is 2.79 bits per heavy atom. The monoisotopic (exact) mass is 449 g/mol. The number of carbonyl (C=O) groups is 1. The molecule has 1 fully saturated rings. The average Bonchev–Trinajstić information content (AvgIpc) is 2.83. The molecule has 33 heavy (non-hydrogen) atoms. The molecule has 1 amide bonds. The van der Waals surface area contributed by atoms with Crippen molar-refractivity contribution < 1.29 is 13.9 Å². The molecule has 3 aromatic rings. The summed E-state index contributed by atoms with van der Waals surface area (Å²) in [5.74, 6) is 5.83. The summed E-state index contributed by atoms with van der Waals surface area (Å²) in [5.41, 5.74) is 9.79. The Labute approximate surface area is 191 Å². The van der Waals surface area contributed by atoms with Crippen molar-refractivity contribution in [2.24, 2.45) is 22.6 Å². The van der Waals surface area contributed by atoms with Gasteiger partial charge in [0.1, 0.15) is 17.2 Å². The van der Waals surface area contributed by atoms with E-state index in [1.54, 1.807) is 24.0 Å². The van der Waals surface area contributed by atoms with E-state index in [0.717, 1.165) is 29.4 Å². The van der Waals surface area contributed by atoms with Crippen LogP contribution in [0.1, 0.15) is 19.8 Å². The zero-order valence-corrected chi connectivity index (χ0v) is 18.4. The molecule has 0 aliphatic carbocycles. The van der Waals surface area contributed by atoms with Crippen LogP contribution in [0.5, 0.6) is 5.75 Å². The predicted octanol–water partition coefficient (Wildman–Crippen LogP) is 2.20. The van der Waals surface area contributed by atoms with Gasteiger partial charge in [-0.2, -0.15) is 5.10 Å². The first-order chi connectivity index (χ1) is 16.0. The highest BCUT2D eigenvalue weighted by atomic mass is 16.5. The standard InChI is InChI=1S/C24H27N5O4/c1-15(24(31)29-11-5-8-17(14-29)23(25)27-28-26)32-18-9-10-19-20(16-6-3-2-4-7-16)13-22(30)33-21(19)12-18/h2-4,6-7,9-10,12-13,15,17,28H,5,8,11,14,26H2,1H3,(H2,25,27). The van der Waals surface area contributed by atoms with Crippen LogP contribution in [0.4, 0.5) is 0 Å². The molecule has 0 radical (unpaired) electrons. The van der Waals surface area contributed by atoms with E-state index in [9.17, 15) is 9.59 Å². The molecule has 2 heterocycles. The Morgan fingerprint density at radius 2 is 2.03 bits per heavy atom. The van der Waals surface area contributed by atoms with Crippen molar-refractivity contribution in [3.8, 4) is 16.9 Å². The number of nitrogens with one attached hydrogen (secondary N) is 1. The number of hydrogen-bond acceptors (Lipinski definition) is 7. The van der Waals surface area contributed by atoms with E-state index in [1.165, 1.54) is 6.07 Å². The second kappa shape index (κ2) is 9.74. The normalized spacial score (nSPS) is 17.6. The van der Waals surface area contributed by atoms with E-state index in [0.29, 0.717) is 30.3 Å². The summed E-state index contributed by atoms with van der Waals surface area (Å²) < 4.78 is 11.3. The topological polar surface area (TPSA) is 136 Å². The summed E-state index contributed by atoms with van der Waals surface area (Å²) in [5, 5.41) is 4.62. The molecule has 9 heteroatoms. The maximum atomic E-state index is 13.0. The zero-order chi connectivity index (χ0) is 23.4. The molecule has 2 unspecified atom stereocenters. The van der Waals surface area contributed by atoms with Gasteiger partial charge in [-0.25, -0.2) is 16.2 Å². The van der Waals surface area contributed by atoms with Gasteiger partial charge < -0.3 is 19.8 Å². The number of ether oxygens (including phenoxy) is 1. The molecular weight excluding hydrogens is 422 g/mol. The lowest BCUT2D eigenvalue weighted by Gasteiger charge is -2.33. The first-order valence-corrected chi connectivity index (χ1v) is 10.8. The van der Waals surface area contributed by atoms with E-state index < -0.39 is 11.7 Å². The molecule has 1 aliphatic heterocycles. The number of hydrazine groups is 1. The van der Waals surface area contributed by atoms with Gasteiger partial charge in [0.05, 0.1) is 0 Å². The third-order valence-corrected chi connectivity index (χ3v) is 5.81. The minimum atomic E-state index is -0.726. The van der Waals surface area contributed by atoms with Crippen molar-refractivity contribution >= 4 is 22.7 Å². The Morgan fingerprint density at radius 1 is 1.24 bits per heavy atom. The van der Waals surface area contributed by atoms with Crippen LogP contribution in [-0.4, -0.2) is 35.8 Å². The number of benzene rings is 2. The van der Waals surface area contributed by atoms with Crippen molar-refractivity contribution in [1.82, 2.24) is 10.4 Å². The summed E-state index contributed by atoms with van der Waals surface area (Å²) in [4.78, 5) is 26.9. The van der Waals surface area contributed by atoms with Crippen LogP contribution >= 0.6 is 0 Å². The lowest BCUT2D eigenvalue weighted by Crippen LogP contribution is -2.48. The molecule has 1 aliphatic rings. The first kappa shape index (κ1) is 22.3. The summed E-state index contributed by atoms with van der Waals surface area (Å²) >= 11 is 0. The number of rotatable bonds is 6. The van der Waals surface area contributed by atoms with E-state index in [2.05, 4.69) is 10.6 Å². The number of carbonyl (C=O) groups excluding carboxylic acids is 1. The first-order valence-electron chi connectivity index (χ1n) is 10.8. The van der Waals surface area contributed by atoms with Gasteiger partial charge >= 0.3 is 5.63 Å². The molecule has 5 N–H and O–H groups in total. The molecule has 0 saturated carbocycles. The van der Waals surface area contributed by atoms with Crippen LogP contribution in [0.15, 0.2) is 68.9 Å². The largest absolute Gasteiger partial charge is 0.481 e. The third-order valence-electron chi connectivity index (χ3n) is 5.81. The van der Waals surface area contributed by atoms with E-state index in [-0.39, 0.29) is 11.8 Å². The summed E-state index contributed by atoms with van der Waals surface area (Å²) in [6.07, 6.45) is 0.924. The lowest BCUT2D eigenvalue weighted by molar-refractivity contribution is -0.139. The molecule has 2 atom stereocenters. The van der Waals surface area contributed by atoms with Crippen molar-refractivity contribution in [2.45, 2.75) is 25.9 Å². The number of fused-ring (bicyclic) bond motifs is 1. The van der Waals surface area contributed by atoms with Gasteiger partial charge in [-0.3, -0.25) is 4.79 Å². The second-order valence-electron chi connectivity index (χ2n) is 8.05. The minimum Gasteiger partial charge on any atom is -0.481 e. The predicted molar refractivity (Wildman–Crippen MR) is 126 cm³/mol. The number of hydrazone groups is 1. The highest BCUT2D eigenvalue weighted by Crippen LogP contribution is 2.30. The van der Waals surface area contributed by atoms with E-state index >= 15 is 0 Å². The SMILES string of the molecule is CC(Oc1ccc2c(-c3ccccc3)cc(=O)oc2c1)C(=O)N1CCCC(/C(N)=N/NN)C1. The van der Waals surface area contributed by atoms with Gasteiger partial charge in [0.2, 0.25) is 0 Å². The number of nitrogens with two attached hydrogens (primary N) is 2. The summed E-state index contributed by atoms with van der Waals surface area (Å²) in [6, 6.07) is 16.3. The lowest BCUT2D eigenvalue weighted by atomic mass is 9.96. The van der Waals surface area contributed by atoms with Crippen LogP contribution in [0.25, 0.3) is 22.1 Å². The van der Waals surface area contributed by atoms with Crippen LogP contribution < -0.4 is 27.5 Å². The van der Waals surface area contributed by atoms with Gasteiger partial charge in [-0.1, -0.05) is 30.3 Å². The van der Waals surface area contributed by atoms with Gasteiger partial charge in [0, 0.05) is 36.5 Å². The number of amides is 1. The number of hydrogen-bond donors (Lipinski definition) is 3. The number of piperidine rings is 1. The van der Waals surface area contributed by atoms with Gasteiger partial charge in [0.25, 0.3) is 5.91 Å². The molecule has 172 valence electrons. The van der Waals surface area contributed by atoms with Gasteiger partial charge in [-0.05, 0) is 43.0 Å². The third kappa shape index (κ3) is 4.98. The Hall–Kier alpha value is -3.85. The van der Waals surface area contributed by atoms with Crippen molar-refractivity contribution in [3.05, 3.63) is 65.0 Å². The molecular formula is C24H27N5O4. The maximum absolute atomic E-state index is 13.0. The smallest absolute Gasteiger partial charge is 0.336 e. The molecule has 0 spiro atoms. The van der Waals surface area contributed by atoms with Crippen LogP contribution in [0.3, 0.4) is 0 Å². The highest BCUT2D eigenvalue weighted by molar-refractivity contribution is 5.93. The average molecular weight is 450 g/mol.